The van der Waals surface area contributed by atoms with E-state index >= 15 is 0 Å². The number of carbonyl (C=O) groups excluding carboxylic acids is 2. The van der Waals surface area contributed by atoms with Crippen molar-refractivity contribution >= 4 is 23.8 Å². The number of carboxylic acid groups (broad SMARTS) is 2. The Morgan fingerprint density at radius 3 is 1.48 bits per heavy atom. The number of carboxylic acids is 2. The van der Waals surface area contributed by atoms with Crippen LogP contribution in [0.3, 0.4) is 0 Å². The Labute approximate surface area is 242 Å². The lowest BCUT2D eigenvalue weighted by atomic mass is 9.81. The van der Waals surface area contributed by atoms with Crippen LogP contribution in [0.15, 0.2) is 0 Å². The lowest BCUT2D eigenvalue weighted by Gasteiger charge is -2.28. The van der Waals surface area contributed by atoms with Crippen molar-refractivity contribution in [3.05, 3.63) is 0 Å². The maximum absolute atomic E-state index is 12.3. The highest BCUT2D eigenvalue weighted by Gasteiger charge is 2.28. The molecular formula is C32H58N2O6. The largest absolute Gasteiger partial charge is 0.481 e. The van der Waals surface area contributed by atoms with E-state index in [0.717, 1.165) is 51.4 Å². The number of rotatable bonds is 25. The summed E-state index contributed by atoms with van der Waals surface area (Å²) in [4.78, 5) is 46.1. The van der Waals surface area contributed by atoms with Gasteiger partial charge in [0, 0.05) is 25.3 Å². The van der Waals surface area contributed by atoms with Crippen molar-refractivity contribution in [1.82, 2.24) is 10.6 Å². The molecule has 232 valence electrons. The summed E-state index contributed by atoms with van der Waals surface area (Å²) in [5, 5.41) is 23.5. The lowest BCUT2D eigenvalue weighted by Crippen LogP contribution is -2.44. The van der Waals surface area contributed by atoms with E-state index in [1.54, 1.807) is 6.92 Å². The van der Waals surface area contributed by atoms with Gasteiger partial charge in [-0.25, -0.2) is 4.79 Å². The van der Waals surface area contributed by atoms with Crippen LogP contribution in [0.4, 0.5) is 0 Å². The molecule has 1 aliphatic carbocycles. The average molecular weight is 567 g/mol. The number of amides is 2. The van der Waals surface area contributed by atoms with Crippen molar-refractivity contribution in [2.75, 3.05) is 6.54 Å². The van der Waals surface area contributed by atoms with Gasteiger partial charge in [-0.15, -0.1) is 0 Å². The van der Waals surface area contributed by atoms with Gasteiger partial charge >= 0.3 is 11.9 Å². The summed E-state index contributed by atoms with van der Waals surface area (Å²) < 4.78 is 0. The number of carbonyl (C=O) groups is 4. The Bertz CT molecular complexity index is 706. The van der Waals surface area contributed by atoms with Crippen molar-refractivity contribution in [1.29, 1.82) is 0 Å². The average Bonchev–Trinajstić information content (AvgIpc) is 2.93. The number of hydrogen-bond acceptors (Lipinski definition) is 4. The second-order valence-electron chi connectivity index (χ2n) is 11.9. The molecular weight excluding hydrogens is 508 g/mol. The van der Waals surface area contributed by atoms with Crippen LogP contribution in [0.1, 0.15) is 155 Å². The molecule has 0 saturated heterocycles. The lowest BCUT2D eigenvalue weighted by molar-refractivity contribution is -0.142. The molecule has 0 aliphatic heterocycles. The second-order valence-corrected chi connectivity index (χ2v) is 11.9. The molecule has 4 N–H and O–H groups in total. The molecule has 1 unspecified atom stereocenters. The molecule has 1 atom stereocenters. The first-order valence-electron chi connectivity index (χ1n) is 16.3. The number of unbranched alkanes of at least 4 members (excludes halogenated alkanes) is 15. The molecule has 1 fully saturated rings. The molecule has 1 aliphatic rings. The molecule has 0 aromatic rings. The van der Waals surface area contributed by atoms with Gasteiger partial charge in [-0.1, -0.05) is 96.8 Å². The van der Waals surface area contributed by atoms with Crippen molar-refractivity contribution in [3.63, 3.8) is 0 Å². The summed E-state index contributed by atoms with van der Waals surface area (Å²) in [6.07, 6.45) is 23.8. The SMILES string of the molecule is CCC(NC(=O)[C@H]1CC[C@H](CNC(=O)CCCCCCCCCCCCCCCCCCC(=O)O)CC1)C(=O)O. The molecule has 0 aromatic carbocycles. The van der Waals surface area contributed by atoms with Crippen LogP contribution in [-0.2, 0) is 19.2 Å². The maximum atomic E-state index is 12.3. The van der Waals surface area contributed by atoms with Crippen LogP contribution >= 0.6 is 0 Å². The van der Waals surface area contributed by atoms with Crippen molar-refractivity contribution in [3.8, 4) is 0 Å². The molecule has 1 rings (SSSR count). The van der Waals surface area contributed by atoms with Gasteiger partial charge in [-0.3, -0.25) is 14.4 Å². The zero-order valence-electron chi connectivity index (χ0n) is 25.2. The van der Waals surface area contributed by atoms with Crippen LogP contribution in [0, 0.1) is 11.8 Å². The standard InChI is InChI=1S/C32H58N2O6/c1-2-28(32(39)40)34-31(38)27-23-21-26(22-24-27)25-33-29(35)19-17-15-13-11-9-7-5-3-4-6-8-10-12-14-16-18-20-30(36)37/h26-28H,2-25H2,1H3,(H,33,35)(H,34,38)(H,36,37)(H,39,40)/t26-,27-,28?. The summed E-state index contributed by atoms with van der Waals surface area (Å²) >= 11 is 0. The van der Waals surface area contributed by atoms with Gasteiger partial charge in [0.1, 0.15) is 6.04 Å². The van der Waals surface area contributed by atoms with Crippen molar-refractivity contribution in [2.45, 2.75) is 161 Å². The third-order valence-electron chi connectivity index (χ3n) is 8.37. The molecule has 2 amide bonds. The summed E-state index contributed by atoms with van der Waals surface area (Å²) in [6.45, 7) is 2.43. The molecule has 40 heavy (non-hydrogen) atoms. The van der Waals surface area contributed by atoms with Crippen molar-refractivity contribution < 1.29 is 29.4 Å². The van der Waals surface area contributed by atoms with Gasteiger partial charge < -0.3 is 20.8 Å². The number of aliphatic carboxylic acids is 2. The molecule has 8 heteroatoms. The quantitative estimate of drug-likeness (QED) is 0.0880. The van der Waals surface area contributed by atoms with E-state index in [2.05, 4.69) is 10.6 Å². The van der Waals surface area contributed by atoms with Gasteiger partial charge in [0.05, 0.1) is 0 Å². The number of hydrogen-bond donors (Lipinski definition) is 4. The van der Waals surface area contributed by atoms with E-state index < -0.39 is 18.0 Å². The molecule has 0 heterocycles. The van der Waals surface area contributed by atoms with Crippen LogP contribution < -0.4 is 10.6 Å². The molecule has 1 saturated carbocycles. The highest BCUT2D eigenvalue weighted by molar-refractivity contribution is 5.85. The number of nitrogens with one attached hydrogen (secondary N) is 2. The fourth-order valence-corrected chi connectivity index (χ4v) is 5.64. The predicted molar refractivity (Wildman–Crippen MR) is 159 cm³/mol. The minimum Gasteiger partial charge on any atom is -0.481 e. The Hall–Kier alpha value is -2.12. The van der Waals surface area contributed by atoms with E-state index in [4.69, 9.17) is 10.2 Å². The molecule has 0 radical (unpaired) electrons. The fraction of sp³-hybridized carbons (Fsp3) is 0.875. The highest BCUT2D eigenvalue weighted by Crippen LogP contribution is 2.28. The third kappa shape index (κ3) is 19.0. The van der Waals surface area contributed by atoms with E-state index in [0.29, 0.717) is 31.7 Å². The molecule has 0 bridgehead atoms. The highest BCUT2D eigenvalue weighted by atomic mass is 16.4. The summed E-state index contributed by atoms with van der Waals surface area (Å²) in [5.41, 5.74) is 0. The second kappa shape index (κ2) is 23.6. The molecule has 8 nitrogen and oxygen atoms in total. The van der Waals surface area contributed by atoms with Crippen LogP contribution in [-0.4, -0.2) is 46.6 Å². The fourth-order valence-electron chi connectivity index (χ4n) is 5.64. The first-order valence-corrected chi connectivity index (χ1v) is 16.3. The van der Waals surface area contributed by atoms with Crippen LogP contribution in [0.25, 0.3) is 0 Å². The van der Waals surface area contributed by atoms with E-state index in [1.165, 1.54) is 77.0 Å². The van der Waals surface area contributed by atoms with Gasteiger partial charge in [0.2, 0.25) is 11.8 Å². The maximum Gasteiger partial charge on any atom is 0.326 e. The zero-order chi connectivity index (χ0) is 29.4. The van der Waals surface area contributed by atoms with Crippen LogP contribution in [0.2, 0.25) is 0 Å². The first-order chi connectivity index (χ1) is 19.3. The normalized spacial score (nSPS) is 17.7. The van der Waals surface area contributed by atoms with Gasteiger partial charge in [0.25, 0.3) is 0 Å². The Morgan fingerprint density at radius 1 is 0.650 bits per heavy atom. The third-order valence-corrected chi connectivity index (χ3v) is 8.37. The van der Waals surface area contributed by atoms with E-state index in [9.17, 15) is 19.2 Å². The smallest absolute Gasteiger partial charge is 0.326 e. The van der Waals surface area contributed by atoms with Gasteiger partial charge in [-0.2, -0.15) is 0 Å². The minimum atomic E-state index is -0.985. The Balaban J connectivity index is 1.87. The monoisotopic (exact) mass is 566 g/mol. The Morgan fingerprint density at radius 2 is 1.07 bits per heavy atom. The van der Waals surface area contributed by atoms with Gasteiger partial charge in [0.15, 0.2) is 0 Å². The minimum absolute atomic E-state index is 0.120. The molecule has 0 spiro atoms. The summed E-state index contributed by atoms with van der Waals surface area (Å²) in [7, 11) is 0. The Kier molecular flexibility index (Phi) is 21.2. The summed E-state index contributed by atoms with van der Waals surface area (Å²) in [5.74, 6) is -1.41. The first kappa shape index (κ1) is 35.9. The van der Waals surface area contributed by atoms with E-state index in [1.807, 2.05) is 0 Å². The molecule has 0 aromatic heterocycles. The van der Waals surface area contributed by atoms with Crippen LogP contribution in [0.5, 0.6) is 0 Å². The zero-order valence-corrected chi connectivity index (χ0v) is 25.2. The van der Waals surface area contributed by atoms with E-state index in [-0.39, 0.29) is 17.7 Å². The van der Waals surface area contributed by atoms with Crippen molar-refractivity contribution in [2.24, 2.45) is 11.8 Å². The topological polar surface area (TPSA) is 133 Å². The summed E-state index contributed by atoms with van der Waals surface area (Å²) in [6, 6.07) is -0.808. The predicted octanol–water partition coefficient (Wildman–Crippen LogP) is 6.99. The van der Waals surface area contributed by atoms with Gasteiger partial charge in [-0.05, 0) is 50.9 Å².